The van der Waals surface area contributed by atoms with E-state index in [0.29, 0.717) is 0 Å². The Morgan fingerprint density at radius 3 is 0.875 bits per heavy atom. The van der Waals surface area contributed by atoms with Crippen LogP contribution in [0.15, 0.2) is 26.3 Å². The summed E-state index contributed by atoms with van der Waals surface area (Å²) in [4.78, 5) is 0. The van der Waals surface area contributed by atoms with E-state index >= 15 is 0 Å². The van der Waals surface area contributed by atoms with E-state index in [1.807, 2.05) is 24.3 Å². The first-order valence-electron chi connectivity index (χ1n) is 5.29. The molecule has 0 unspecified atom stereocenters. The van der Waals surface area contributed by atoms with Gasteiger partial charge in [-0.3, -0.25) is 0 Å². The first kappa shape index (κ1) is 12.3. The maximum atomic E-state index is 3.86. The summed E-state index contributed by atoms with van der Waals surface area (Å²) in [5, 5.41) is 0. The number of benzene rings is 1. The van der Waals surface area contributed by atoms with Crippen molar-refractivity contribution in [2.45, 2.75) is 13.8 Å². The van der Waals surface area contributed by atoms with Crippen molar-refractivity contribution in [3.63, 3.8) is 0 Å². The van der Waals surface area contributed by atoms with Gasteiger partial charge in [0.1, 0.15) is 0 Å². The highest BCUT2D eigenvalue weighted by atomic mass is 14.2. The molecular formula is C16H18. The van der Waals surface area contributed by atoms with Crippen LogP contribution in [0.3, 0.4) is 0 Å². The van der Waals surface area contributed by atoms with Gasteiger partial charge in [-0.2, -0.15) is 0 Å². The zero-order valence-corrected chi connectivity index (χ0v) is 10.1. The average Bonchev–Trinajstić information content (AvgIpc) is 2.30. The highest BCUT2D eigenvalue weighted by Crippen LogP contribution is 2.30. The molecule has 16 heavy (non-hydrogen) atoms. The summed E-state index contributed by atoms with van der Waals surface area (Å²) < 4.78 is 0. The maximum absolute atomic E-state index is 3.86. The van der Waals surface area contributed by atoms with Crippen LogP contribution in [-0.4, -0.2) is 0 Å². The first-order chi connectivity index (χ1) is 7.62. The molecule has 0 aliphatic heterocycles. The van der Waals surface area contributed by atoms with Crippen LogP contribution in [0.2, 0.25) is 0 Å². The van der Waals surface area contributed by atoms with Gasteiger partial charge in [0, 0.05) is 0 Å². The summed E-state index contributed by atoms with van der Waals surface area (Å²) in [5.41, 5.74) is 6.89. The maximum Gasteiger partial charge on any atom is -0.0152 e. The van der Waals surface area contributed by atoms with Gasteiger partial charge in [-0.05, 0) is 47.2 Å². The van der Waals surface area contributed by atoms with E-state index in [2.05, 4.69) is 40.2 Å². The summed E-state index contributed by atoms with van der Waals surface area (Å²) >= 11 is 0. The van der Waals surface area contributed by atoms with Crippen molar-refractivity contribution in [2.24, 2.45) is 0 Å². The Bertz CT molecular complexity index is 387. The van der Waals surface area contributed by atoms with Gasteiger partial charge >= 0.3 is 0 Å². The van der Waals surface area contributed by atoms with Gasteiger partial charge in [-0.25, -0.2) is 0 Å². The van der Waals surface area contributed by atoms with E-state index in [9.17, 15) is 0 Å². The molecule has 0 bridgehead atoms. The van der Waals surface area contributed by atoms with Crippen molar-refractivity contribution in [3.05, 3.63) is 59.7 Å². The lowest BCUT2D eigenvalue weighted by molar-refractivity contribution is 1.32. The fraction of sp³-hybridized carbons (Fsp3) is 0.125. The topological polar surface area (TPSA) is 0 Å². The zero-order chi connectivity index (χ0) is 12.3. The smallest absolute Gasteiger partial charge is 0.0152 e. The molecule has 0 radical (unpaired) electrons. The van der Waals surface area contributed by atoms with Crippen molar-refractivity contribution in [3.8, 4) is 0 Å². The second kappa shape index (κ2) is 4.80. The Balaban J connectivity index is 3.88. The highest BCUT2D eigenvalue weighted by Gasteiger charge is 2.12. The Morgan fingerprint density at radius 1 is 0.562 bits per heavy atom. The third-order valence-electron chi connectivity index (χ3n) is 3.01. The average molecular weight is 210 g/mol. The number of hydrogen-bond acceptors (Lipinski definition) is 0. The SMILES string of the molecule is C=Cc1c(C)c(C=C)c(C=C)c(C)c1C=C. The van der Waals surface area contributed by atoms with Gasteiger partial charge in [-0.1, -0.05) is 50.6 Å². The van der Waals surface area contributed by atoms with Crippen LogP contribution in [0.5, 0.6) is 0 Å². The van der Waals surface area contributed by atoms with Gasteiger partial charge in [0.25, 0.3) is 0 Å². The van der Waals surface area contributed by atoms with E-state index in [0.717, 1.165) is 22.3 Å². The van der Waals surface area contributed by atoms with E-state index in [4.69, 9.17) is 0 Å². The third-order valence-corrected chi connectivity index (χ3v) is 3.01. The molecule has 0 N–H and O–H groups in total. The summed E-state index contributed by atoms with van der Waals surface area (Å²) in [6.07, 6.45) is 7.50. The Labute approximate surface area is 98.3 Å². The fourth-order valence-electron chi connectivity index (χ4n) is 2.15. The molecule has 1 rings (SSSR count). The molecule has 0 spiro atoms. The predicted octanol–water partition coefficient (Wildman–Crippen LogP) is 4.88. The minimum absolute atomic E-state index is 1.13. The molecule has 1 aromatic rings. The van der Waals surface area contributed by atoms with E-state index in [1.54, 1.807) is 0 Å². The Hall–Kier alpha value is -1.82. The minimum atomic E-state index is 1.13. The quantitative estimate of drug-likeness (QED) is 0.664. The number of rotatable bonds is 4. The molecule has 1 aromatic carbocycles. The van der Waals surface area contributed by atoms with Gasteiger partial charge < -0.3 is 0 Å². The summed E-state index contributed by atoms with van der Waals surface area (Å²) in [5.74, 6) is 0. The summed E-state index contributed by atoms with van der Waals surface area (Å²) in [6.45, 7) is 19.6. The minimum Gasteiger partial charge on any atom is -0.0984 e. The van der Waals surface area contributed by atoms with Gasteiger partial charge in [0.2, 0.25) is 0 Å². The van der Waals surface area contributed by atoms with Crippen LogP contribution in [0.4, 0.5) is 0 Å². The standard InChI is InChI=1S/C16H18/c1-7-13-11(5)15(9-3)16(10-4)12(6)14(13)8-2/h7-10H,1-4H2,5-6H3. The monoisotopic (exact) mass is 210 g/mol. The molecule has 0 fully saturated rings. The molecule has 0 heteroatoms. The van der Waals surface area contributed by atoms with Gasteiger partial charge in [-0.15, -0.1) is 0 Å². The number of hydrogen-bond donors (Lipinski definition) is 0. The van der Waals surface area contributed by atoms with Crippen LogP contribution in [-0.2, 0) is 0 Å². The lowest BCUT2D eigenvalue weighted by atomic mass is 9.87. The molecule has 0 atom stereocenters. The second-order valence-corrected chi connectivity index (χ2v) is 3.72. The lowest BCUT2D eigenvalue weighted by Crippen LogP contribution is -1.99. The molecule has 0 amide bonds. The summed E-state index contributed by atoms with van der Waals surface area (Å²) in [7, 11) is 0. The first-order valence-corrected chi connectivity index (χ1v) is 5.29. The van der Waals surface area contributed by atoms with Crippen molar-refractivity contribution in [1.82, 2.24) is 0 Å². The lowest BCUT2D eigenvalue weighted by Gasteiger charge is -2.17. The van der Waals surface area contributed by atoms with Crippen LogP contribution in [0, 0.1) is 13.8 Å². The van der Waals surface area contributed by atoms with E-state index in [1.165, 1.54) is 11.1 Å². The van der Waals surface area contributed by atoms with E-state index in [-0.39, 0.29) is 0 Å². The molecule has 0 saturated heterocycles. The molecule has 0 saturated carbocycles. The molecule has 0 aliphatic rings. The molecule has 0 heterocycles. The van der Waals surface area contributed by atoms with Crippen molar-refractivity contribution in [1.29, 1.82) is 0 Å². The zero-order valence-electron chi connectivity index (χ0n) is 10.1. The highest BCUT2D eigenvalue weighted by molar-refractivity contribution is 5.80. The van der Waals surface area contributed by atoms with Crippen molar-refractivity contribution >= 4 is 24.3 Å². The van der Waals surface area contributed by atoms with Crippen molar-refractivity contribution in [2.75, 3.05) is 0 Å². The fourth-order valence-corrected chi connectivity index (χ4v) is 2.15. The third kappa shape index (κ3) is 1.67. The van der Waals surface area contributed by atoms with Crippen LogP contribution in [0.25, 0.3) is 24.3 Å². The van der Waals surface area contributed by atoms with Gasteiger partial charge in [0.05, 0.1) is 0 Å². The second-order valence-electron chi connectivity index (χ2n) is 3.72. The predicted molar refractivity (Wildman–Crippen MR) is 76.3 cm³/mol. The van der Waals surface area contributed by atoms with Crippen LogP contribution in [0.1, 0.15) is 33.4 Å². The molecule has 0 aromatic heterocycles. The van der Waals surface area contributed by atoms with E-state index < -0.39 is 0 Å². The van der Waals surface area contributed by atoms with Gasteiger partial charge in [0.15, 0.2) is 0 Å². The molecule has 0 aliphatic carbocycles. The summed E-state index contributed by atoms with van der Waals surface area (Å²) in [6, 6.07) is 0. The molecule has 0 nitrogen and oxygen atoms in total. The Kier molecular flexibility index (Phi) is 3.68. The Morgan fingerprint density at radius 2 is 0.750 bits per heavy atom. The largest absolute Gasteiger partial charge is 0.0984 e. The van der Waals surface area contributed by atoms with Crippen molar-refractivity contribution < 1.29 is 0 Å². The molecular weight excluding hydrogens is 192 g/mol. The normalized spacial score (nSPS) is 9.62. The molecule has 82 valence electrons. The van der Waals surface area contributed by atoms with Crippen LogP contribution >= 0.6 is 0 Å². The van der Waals surface area contributed by atoms with Crippen LogP contribution < -0.4 is 0 Å².